The molecule has 0 N–H and O–H groups in total. The molecule has 4 nitrogen and oxygen atoms in total. The van der Waals surface area contributed by atoms with E-state index in [1.807, 2.05) is 17.5 Å². The van der Waals surface area contributed by atoms with Gasteiger partial charge in [-0.25, -0.2) is 4.79 Å². The van der Waals surface area contributed by atoms with Crippen molar-refractivity contribution in [1.82, 2.24) is 0 Å². The van der Waals surface area contributed by atoms with Crippen molar-refractivity contribution >= 4 is 17.3 Å². The van der Waals surface area contributed by atoms with Crippen molar-refractivity contribution in [2.75, 3.05) is 13.2 Å². The number of nitrogens with zero attached hydrogens (tertiary/aromatic N) is 1. The average Bonchev–Trinajstić information content (AvgIpc) is 2.97. The third-order valence-electron chi connectivity index (χ3n) is 2.82. The molecule has 1 aromatic heterocycles. The molecule has 0 saturated carbocycles. The summed E-state index contributed by atoms with van der Waals surface area (Å²) in [5.41, 5.74) is 0.555. The van der Waals surface area contributed by atoms with E-state index in [0.29, 0.717) is 25.0 Å². The standard InChI is InChI=1S/C14H15NO3S/c15-8-11(7-13-4-2-6-19-13)9-18-14(16)12-3-1-5-17-10-12/h2,4,6,10-11H,1,3,5,7,9H2. The summed E-state index contributed by atoms with van der Waals surface area (Å²) in [6, 6.07) is 6.11. The Morgan fingerprint density at radius 2 is 2.53 bits per heavy atom. The van der Waals surface area contributed by atoms with Crippen LogP contribution in [0.2, 0.25) is 0 Å². The molecule has 0 radical (unpaired) electrons. The van der Waals surface area contributed by atoms with E-state index in [-0.39, 0.29) is 18.5 Å². The molecule has 0 bridgehead atoms. The third kappa shape index (κ3) is 4.11. The number of thiophene rings is 1. The van der Waals surface area contributed by atoms with Gasteiger partial charge in [-0.3, -0.25) is 0 Å². The van der Waals surface area contributed by atoms with Gasteiger partial charge in [-0.1, -0.05) is 6.07 Å². The SMILES string of the molecule is N#CC(COC(=O)C1=COCCC1)Cc1cccs1. The summed E-state index contributed by atoms with van der Waals surface area (Å²) >= 11 is 1.61. The maximum atomic E-state index is 11.7. The average molecular weight is 277 g/mol. The van der Waals surface area contributed by atoms with Crippen LogP contribution in [0.15, 0.2) is 29.3 Å². The molecule has 0 spiro atoms. The predicted molar refractivity (Wildman–Crippen MR) is 71.4 cm³/mol. The van der Waals surface area contributed by atoms with Crippen LogP contribution < -0.4 is 0 Å². The van der Waals surface area contributed by atoms with Crippen molar-refractivity contribution in [1.29, 1.82) is 5.26 Å². The van der Waals surface area contributed by atoms with Crippen molar-refractivity contribution in [3.63, 3.8) is 0 Å². The molecular formula is C14H15NO3S. The van der Waals surface area contributed by atoms with Crippen LogP contribution in [0, 0.1) is 17.2 Å². The fourth-order valence-electron chi connectivity index (χ4n) is 1.80. The first-order chi connectivity index (χ1) is 9.29. The molecule has 100 valence electrons. The van der Waals surface area contributed by atoms with E-state index in [9.17, 15) is 4.79 Å². The smallest absolute Gasteiger partial charge is 0.337 e. The van der Waals surface area contributed by atoms with Gasteiger partial charge in [-0.2, -0.15) is 5.26 Å². The van der Waals surface area contributed by atoms with E-state index in [1.165, 1.54) is 6.26 Å². The van der Waals surface area contributed by atoms with Gasteiger partial charge in [0.1, 0.15) is 6.61 Å². The normalized spacial score (nSPS) is 15.8. The molecular weight excluding hydrogens is 262 g/mol. The van der Waals surface area contributed by atoms with E-state index in [2.05, 4.69) is 6.07 Å². The summed E-state index contributed by atoms with van der Waals surface area (Å²) in [5, 5.41) is 11.0. The predicted octanol–water partition coefficient (Wildman–Crippen LogP) is 2.67. The van der Waals surface area contributed by atoms with Crippen molar-refractivity contribution in [3.8, 4) is 6.07 Å². The van der Waals surface area contributed by atoms with Crippen LogP contribution in [-0.4, -0.2) is 19.2 Å². The molecule has 1 atom stereocenters. The van der Waals surface area contributed by atoms with Crippen molar-refractivity contribution < 1.29 is 14.3 Å². The Balaban J connectivity index is 1.81. The molecule has 1 aromatic rings. The Morgan fingerprint density at radius 3 is 3.16 bits per heavy atom. The zero-order chi connectivity index (χ0) is 13.5. The highest BCUT2D eigenvalue weighted by Gasteiger charge is 2.17. The van der Waals surface area contributed by atoms with Gasteiger partial charge in [0.25, 0.3) is 0 Å². The van der Waals surface area contributed by atoms with Crippen molar-refractivity contribution in [2.45, 2.75) is 19.3 Å². The molecule has 0 aromatic carbocycles. The molecule has 0 fully saturated rings. The fourth-order valence-corrected chi connectivity index (χ4v) is 2.58. The number of esters is 1. The number of rotatable bonds is 5. The fraction of sp³-hybridized carbons (Fsp3) is 0.429. The Hall–Kier alpha value is -1.80. The zero-order valence-corrected chi connectivity index (χ0v) is 11.3. The number of hydrogen-bond acceptors (Lipinski definition) is 5. The molecule has 1 aliphatic rings. The maximum Gasteiger partial charge on any atom is 0.337 e. The number of carbonyl (C=O) groups is 1. The Kier molecular flexibility index (Phi) is 4.99. The highest BCUT2D eigenvalue weighted by molar-refractivity contribution is 7.09. The molecule has 1 unspecified atom stereocenters. The second kappa shape index (κ2) is 6.95. The minimum absolute atomic E-state index is 0.130. The molecule has 0 aliphatic carbocycles. The number of carbonyl (C=O) groups excluding carboxylic acids is 1. The highest BCUT2D eigenvalue weighted by Crippen LogP contribution is 2.17. The molecule has 19 heavy (non-hydrogen) atoms. The lowest BCUT2D eigenvalue weighted by Crippen LogP contribution is -2.17. The Labute approximate surface area is 116 Å². The second-order valence-corrected chi connectivity index (χ2v) is 5.36. The molecule has 2 rings (SSSR count). The number of nitriles is 1. The number of hydrogen-bond donors (Lipinski definition) is 0. The lowest BCUT2D eigenvalue weighted by Gasteiger charge is -2.14. The summed E-state index contributed by atoms with van der Waals surface area (Å²) in [5.74, 6) is -0.668. The quantitative estimate of drug-likeness (QED) is 0.776. The van der Waals surface area contributed by atoms with Gasteiger partial charge in [0.2, 0.25) is 0 Å². The van der Waals surface area contributed by atoms with Gasteiger partial charge < -0.3 is 9.47 Å². The molecule has 0 saturated heterocycles. The summed E-state index contributed by atoms with van der Waals surface area (Å²) in [6.07, 6.45) is 3.60. The van der Waals surface area contributed by atoms with Crippen LogP contribution in [-0.2, 0) is 20.7 Å². The summed E-state index contributed by atoms with van der Waals surface area (Å²) < 4.78 is 10.3. The van der Waals surface area contributed by atoms with Gasteiger partial charge >= 0.3 is 5.97 Å². The van der Waals surface area contributed by atoms with E-state index in [1.54, 1.807) is 11.3 Å². The first-order valence-corrected chi connectivity index (χ1v) is 7.07. The van der Waals surface area contributed by atoms with Gasteiger partial charge in [-0.05, 0) is 24.3 Å². The topological polar surface area (TPSA) is 59.3 Å². The van der Waals surface area contributed by atoms with Crippen molar-refractivity contribution in [2.24, 2.45) is 5.92 Å². The van der Waals surface area contributed by atoms with Crippen LogP contribution in [0.1, 0.15) is 17.7 Å². The van der Waals surface area contributed by atoms with Gasteiger partial charge in [0, 0.05) is 11.3 Å². The van der Waals surface area contributed by atoms with E-state index < -0.39 is 0 Å². The summed E-state index contributed by atoms with van der Waals surface area (Å²) in [4.78, 5) is 12.9. The third-order valence-corrected chi connectivity index (χ3v) is 3.72. The monoisotopic (exact) mass is 277 g/mol. The van der Waals surface area contributed by atoms with Crippen LogP contribution in [0.3, 0.4) is 0 Å². The second-order valence-electron chi connectivity index (χ2n) is 4.33. The Morgan fingerprint density at radius 1 is 1.63 bits per heavy atom. The van der Waals surface area contributed by atoms with E-state index in [0.717, 1.165) is 11.3 Å². The molecule has 2 heterocycles. The van der Waals surface area contributed by atoms with Gasteiger partial charge in [0.15, 0.2) is 0 Å². The van der Waals surface area contributed by atoms with Crippen LogP contribution >= 0.6 is 11.3 Å². The highest BCUT2D eigenvalue weighted by atomic mass is 32.1. The van der Waals surface area contributed by atoms with Gasteiger partial charge in [-0.15, -0.1) is 11.3 Å². The Bertz CT molecular complexity index is 487. The minimum atomic E-state index is -0.369. The lowest BCUT2D eigenvalue weighted by atomic mass is 10.1. The zero-order valence-electron chi connectivity index (χ0n) is 10.5. The molecule has 0 amide bonds. The number of ether oxygens (including phenoxy) is 2. The summed E-state index contributed by atoms with van der Waals surface area (Å²) in [7, 11) is 0. The van der Waals surface area contributed by atoms with Crippen LogP contribution in [0.25, 0.3) is 0 Å². The van der Waals surface area contributed by atoms with E-state index >= 15 is 0 Å². The largest absolute Gasteiger partial charge is 0.501 e. The lowest BCUT2D eigenvalue weighted by molar-refractivity contribution is -0.140. The van der Waals surface area contributed by atoms with Crippen LogP contribution in [0.4, 0.5) is 0 Å². The first-order valence-electron chi connectivity index (χ1n) is 6.19. The molecule has 1 aliphatic heterocycles. The summed E-state index contributed by atoms with van der Waals surface area (Å²) in [6.45, 7) is 0.778. The van der Waals surface area contributed by atoms with Crippen molar-refractivity contribution in [3.05, 3.63) is 34.2 Å². The van der Waals surface area contributed by atoms with E-state index in [4.69, 9.17) is 14.7 Å². The van der Waals surface area contributed by atoms with Crippen LogP contribution in [0.5, 0.6) is 0 Å². The van der Waals surface area contributed by atoms with Gasteiger partial charge in [0.05, 0.1) is 30.4 Å². The molecule has 5 heteroatoms. The maximum absolute atomic E-state index is 11.7. The minimum Gasteiger partial charge on any atom is -0.501 e. The first kappa shape index (κ1) is 13.6.